The number of alkyl halides is 3. The maximum absolute atomic E-state index is 13.1. The van der Waals surface area contributed by atoms with Crippen molar-refractivity contribution < 1.29 is 26.4 Å². The van der Waals surface area contributed by atoms with E-state index in [1.165, 1.54) is 4.31 Å². The largest absolute Gasteiger partial charge is 0.416 e. The molecule has 2 aromatic carbocycles. The highest BCUT2D eigenvalue weighted by molar-refractivity contribution is 7.89. The van der Waals surface area contributed by atoms with Gasteiger partial charge in [0.05, 0.1) is 16.5 Å². The summed E-state index contributed by atoms with van der Waals surface area (Å²) in [5.74, 6) is -0.282. The smallest absolute Gasteiger partial charge is 0.368 e. The van der Waals surface area contributed by atoms with Crippen LogP contribution in [-0.4, -0.2) is 55.8 Å². The Labute approximate surface area is 197 Å². The quantitative estimate of drug-likeness (QED) is 0.640. The minimum atomic E-state index is -4.53. The molecule has 10 heteroatoms. The molecule has 2 fully saturated rings. The average molecular weight is 496 g/mol. The first-order chi connectivity index (χ1) is 16.0. The number of sulfonamides is 1. The van der Waals surface area contributed by atoms with Gasteiger partial charge < -0.3 is 5.73 Å². The fourth-order valence-corrected chi connectivity index (χ4v) is 6.91. The normalized spacial score (nSPS) is 24.3. The van der Waals surface area contributed by atoms with E-state index < -0.39 is 33.7 Å². The fourth-order valence-electron chi connectivity index (χ4n) is 5.38. The third kappa shape index (κ3) is 4.85. The summed E-state index contributed by atoms with van der Waals surface area (Å²) in [7, 11) is -2.06. The number of hydrogen-bond acceptors (Lipinski definition) is 4. The standard InChI is InChI=1S/C24H28F3N3O3S/c1-29(22(23(28)31)13-16-5-3-2-4-6-16)21-12-7-17-14-30(15-20(17)21)34(32,33)19-10-8-18(9-11-19)24(25,26)27/h2-6,8-11,17,20-22H,7,12-15H2,1H3,(H2,28,31)/t17-,20+,21+,22+/m1/s1. The zero-order chi connectivity index (χ0) is 24.7. The van der Waals surface area contributed by atoms with Gasteiger partial charge in [0.15, 0.2) is 0 Å². The van der Waals surface area contributed by atoms with E-state index in [4.69, 9.17) is 5.73 Å². The van der Waals surface area contributed by atoms with Gasteiger partial charge in [-0.3, -0.25) is 9.69 Å². The summed E-state index contributed by atoms with van der Waals surface area (Å²) in [5, 5.41) is 0. The monoisotopic (exact) mass is 495 g/mol. The molecule has 6 nitrogen and oxygen atoms in total. The number of nitrogens with two attached hydrogens (primary N) is 1. The number of fused-ring (bicyclic) bond motifs is 1. The Hall–Kier alpha value is -2.43. The maximum atomic E-state index is 13.1. The number of rotatable bonds is 7. The molecule has 1 amide bonds. The Balaban J connectivity index is 1.49. The van der Waals surface area contributed by atoms with Gasteiger partial charge in [0.2, 0.25) is 15.9 Å². The lowest BCUT2D eigenvalue weighted by Crippen LogP contribution is -2.50. The van der Waals surface area contributed by atoms with Gasteiger partial charge in [-0.05, 0) is 68.0 Å². The lowest BCUT2D eigenvalue weighted by molar-refractivity contribution is -0.137. The molecule has 2 aromatic rings. The molecule has 0 bridgehead atoms. The Bertz CT molecular complexity index is 1120. The Kier molecular flexibility index (Phi) is 6.76. The van der Waals surface area contributed by atoms with E-state index in [0.717, 1.165) is 42.7 Å². The van der Waals surface area contributed by atoms with Gasteiger partial charge in [0.1, 0.15) is 0 Å². The summed E-state index contributed by atoms with van der Waals surface area (Å²) in [6.45, 7) is 0.581. The van der Waals surface area contributed by atoms with Crippen LogP contribution in [0, 0.1) is 11.8 Å². The van der Waals surface area contributed by atoms with Gasteiger partial charge in [0, 0.05) is 19.1 Å². The molecule has 4 rings (SSSR count). The van der Waals surface area contributed by atoms with Crippen molar-refractivity contribution in [1.82, 2.24) is 9.21 Å². The maximum Gasteiger partial charge on any atom is 0.416 e. The van der Waals surface area contributed by atoms with Gasteiger partial charge in [-0.15, -0.1) is 0 Å². The first-order valence-electron chi connectivity index (χ1n) is 11.2. The van der Waals surface area contributed by atoms with Crippen LogP contribution in [-0.2, 0) is 27.4 Å². The SMILES string of the molecule is CN([C@@H](Cc1ccccc1)C(N)=O)[C@H]1CC[C@@H]2CN(S(=O)(=O)c3ccc(C(F)(F)F)cc3)C[C@@H]21. The second-order valence-corrected chi connectivity index (χ2v) is 11.1. The van der Waals surface area contributed by atoms with Crippen molar-refractivity contribution in [3.8, 4) is 0 Å². The summed E-state index contributed by atoms with van der Waals surface area (Å²) in [6, 6.07) is 12.7. The van der Waals surface area contributed by atoms with Gasteiger partial charge >= 0.3 is 6.18 Å². The van der Waals surface area contributed by atoms with Crippen molar-refractivity contribution in [1.29, 1.82) is 0 Å². The van der Waals surface area contributed by atoms with E-state index >= 15 is 0 Å². The van der Waals surface area contributed by atoms with Crippen molar-refractivity contribution in [2.75, 3.05) is 20.1 Å². The number of hydrogen-bond donors (Lipinski definition) is 1. The van der Waals surface area contributed by atoms with E-state index in [2.05, 4.69) is 0 Å². The summed E-state index contributed by atoms with van der Waals surface area (Å²) < 4.78 is 66.2. The second-order valence-electron chi connectivity index (χ2n) is 9.19. The number of carbonyl (C=O) groups excluding carboxylic acids is 1. The lowest BCUT2D eigenvalue weighted by Gasteiger charge is -2.34. The second kappa shape index (κ2) is 9.31. The molecule has 2 N–H and O–H groups in total. The molecule has 0 aromatic heterocycles. The number of amides is 1. The van der Waals surface area contributed by atoms with Crippen LogP contribution in [0.25, 0.3) is 0 Å². The molecule has 0 spiro atoms. The van der Waals surface area contributed by atoms with Crippen LogP contribution in [0.5, 0.6) is 0 Å². The molecular weight excluding hydrogens is 467 g/mol. The number of likely N-dealkylation sites (N-methyl/N-ethyl adjacent to an activating group) is 1. The highest BCUT2D eigenvalue weighted by Crippen LogP contribution is 2.43. The Morgan fingerprint density at radius 2 is 1.74 bits per heavy atom. The topological polar surface area (TPSA) is 83.7 Å². The van der Waals surface area contributed by atoms with Crippen molar-refractivity contribution in [3.05, 3.63) is 65.7 Å². The number of nitrogens with zero attached hydrogens (tertiary/aromatic N) is 2. The first-order valence-corrected chi connectivity index (χ1v) is 12.6. The zero-order valence-corrected chi connectivity index (χ0v) is 19.6. The van der Waals surface area contributed by atoms with Crippen LogP contribution in [0.15, 0.2) is 59.5 Å². The Morgan fingerprint density at radius 1 is 1.09 bits per heavy atom. The predicted octanol–water partition coefficient (Wildman–Crippen LogP) is 3.13. The van der Waals surface area contributed by atoms with Gasteiger partial charge in [-0.25, -0.2) is 8.42 Å². The fraction of sp³-hybridized carbons (Fsp3) is 0.458. The third-order valence-corrected chi connectivity index (χ3v) is 9.07. The Morgan fingerprint density at radius 3 is 2.32 bits per heavy atom. The van der Waals surface area contributed by atoms with Gasteiger partial charge in [-0.2, -0.15) is 17.5 Å². The van der Waals surface area contributed by atoms with Crippen molar-refractivity contribution in [2.24, 2.45) is 17.6 Å². The van der Waals surface area contributed by atoms with Crippen LogP contribution >= 0.6 is 0 Å². The highest BCUT2D eigenvalue weighted by atomic mass is 32.2. The van der Waals surface area contributed by atoms with E-state index in [-0.39, 0.29) is 29.3 Å². The molecule has 184 valence electrons. The molecule has 1 heterocycles. The molecule has 1 aliphatic carbocycles. The number of benzene rings is 2. The average Bonchev–Trinajstić information content (AvgIpc) is 3.38. The molecule has 1 saturated heterocycles. The minimum absolute atomic E-state index is 0.0148. The van der Waals surface area contributed by atoms with E-state index in [9.17, 15) is 26.4 Å². The van der Waals surface area contributed by atoms with Crippen LogP contribution in [0.2, 0.25) is 0 Å². The molecule has 1 aliphatic heterocycles. The van der Waals surface area contributed by atoms with Crippen LogP contribution in [0.3, 0.4) is 0 Å². The molecule has 0 unspecified atom stereocenters. The summed E-state index contributed by atoms with van der Waals surface area (Å²) >= 11 is 0. The third-order valence-electron chi connectivity index (χ3n) is 7.22. The van der Waals surface area contributed by atoms with E-state index in [1.54, 1.807) is 0 Å². The highest BCUT2D eigenvalue weighted by Gasteiger charge is 2.48. The van der Waals surface area contributed by atoms with Crippen LogP contribution in [0.4, 0.5) is 13.2 Å². The summed E-state index contributed by atoms with van der Waals surface area (Å²) in [4.78, 5) is 14.1. The molecule has 0 radical (unpaired) electrons. The minimum Gasteiger partial charge on any atom is -0.368 e. The first kappa shape index (κ1) is 24.7. The summed E-state index contributed by atoms with van der Waals surface area (Å²) in [6.07, 6.45) is -2.41. The molecule has 1 saturated carbocycles. The lowest BCUT2D eigenvalue weighted by atomic mass is 9.94. The van der Waals surface area contributed by atoms with Crippen molar-refractivity contribution >= 4 is 15.9 Å². The van der Waals surface area contributed by atoms with Crippen molar-refractivity contribution in [3.63, 3.8) is 0 Å². The molecule has 2 aliphatic rings. The van der Waals surface area contributed by atoms with Crippen molar-refractivity contribution in [2.45, 2.75) is 42.4 Å². The van der Waals surface area contributed by atoms with E-state index in [0.29, 0.717) is 13.0 Å². The van der Waals surface area contributed by atoms with Gasteiger partial charge in [-0.1, -0.05) is 30.3 Å². The van der Waals surface area contributed by atoms with Gasteiger partial charge in [0.25, 0.3) is 0 Å². The van der Waals surface area contributed by atoms with Crippen LogP contribution < -0.4 is 5.73 Å². The number of halogens is 3. The number of carbonyl (C=O) groups is 1. The van der Waals surface area contributed by atoms with E-state index in [1.807, 2.05) is 42.3 Å². The summed E-state index contributed by atoms with van der Waals surface area (Å²) in [5.41, 5.74) is 5.84. The molecular formula is C24H28F3N3O3S. The molecule has 34 heavy (non-hydrogen) atoms. The van der Waals surface area contributed by atoms with Crippen LogP contribution in [0.1, 0.15) is 24.0 Å². The number of primary amides is 1. The zero-order valence-electron chi connectivity index (χ0n) is 18.8. The predicted molar refractivity (Wildman–Crippen MR) is 121 cm³/mol. The molecule has 4 atom stereocenters.